The van der Waals surface area contributed by atoms with Gasteiger partial charge in [0.25, 0.3) is 0 Å². The highest BCUT2D eigenvalue weighted by atomic mass is 15.1. The van der Waals surface area contributed by atoms with Gasteiger partial charge in [-0.1, -0.05) is 54.6 Å². The predicted octanol–water partition coefficient (Wildman–Crippen LogP) is 5.52. The lowest BCUT2D eigenvalue weighted by molar-refractivity contribution is 0.967. The number of anilines is 2. The van der Waals surface area contributed by atoms with E-state index in [-0.39, 0.29) is 0 Å². The van der Waals surface area contributed by atoms with Crippen molar-refractivity contribution < 1.29 is 0 Å². The summed E-state index contributed by atoms with van der Waals surface area (Å²) in [4.78, 5) is 2.21. The maximum Gasteiger partial charge on any atom is 0.0410 e. The largest absolute Gasteiger partial charge is 0.345 e. The summed E-state index contributed by atoms with van der Waals surface area (Å²) in [6.45, 7) is 6.10. The molecule has 0 N–H and O–H groups in total. The number of rotatable bonds is 6. The minimum atomic E-state index is 1.00. The van der Waals surface area contributed by atoms with Crippen LogP contribution in [-0.2, 0) is 6.42 Å². The molecule has 2 rings (SSSR count). The lowest BCUT2D eigenvalue weighted by Crippen LogP contribution is -2.09. The van der Waals surface area contributed by atoms with Crippen LogP contribution < -0.4 is 4.90 Å². The molecule has 0 atom stereocenters. The summed E-state index contributed by atoms with van der Waals surface area (Å²) in [6.07, 6.45) is 6.16. The molecule has 0 heterocycles. The first-order valence-corrected chi connectivity index (χ1v) is 7.39. The van der Waals surface area contributed by atoms with Gasteiger partial charge in [0.1, 0.15) is 0 Å². The van der Waals surface area contributed by atoms with E-state index in [0.717, 1.165) is 12.8 Å². The second-order valence-corrected chi connectivity index (χ2v) is 5.22. The monoisotopic (exact) mass is 277 g/mol. The summed E-state index contributed by atoms with van der Waals surface area (Å²) in [5, 5.41) is 0. The van der Waals surface area contributed by atoms with Gasteiger partial charge < -0.3 is 4.90 Å². The van der Waals surface area contributed by atoms with Crippen LogP contribution in [0.25, 0.3) is 0 Å². The Balaban J connectivity index is 2.09. The van der Waals surface area contributed by atoms with Crippen molar-refractivity contribution in [1.29, 1.82) is 0 Å². The van der Waals surface area contributed by atoms with E-state index < -0.39 is 0 Å². The number of hydrogen-bond acceptors (Lipinski definition) is 1. The Hall–Kier alpha value is -2.28. The molecule has 0 aromatic heterocycles. The summed E-state index contributed by atoms with van der Waals surface area (Å²) < 4.78 is 0. The molecule has 0 aliphatic heterocycles. The van der Waals surface area contributed by atoms with Crippen LogP contribution in [0.3, 0.4) is 0 Å². The van der Waals surface area contributed by atoms with Gasteiger partial charge in [0.2, 0.25) is 0 Å². The Bertz CT molecular complexity index is 611. The summed E-state index contributed by atoms with van der Waals surface area (Å²) in [5.74, 6) is 0. The fourth-order valence-corrected chi connectivity index (χ4v) is 2.35. The summed E-state index contributed by atoms with van der Waals surface area (Å²) >= 11 is 0. The van der Waals surface area contributed by atoms with Gasteiger partial charge in [0.05, 0.1) is 0 Å². The Labute approximate surface area is 128 Å². The van der Waals surface area contributed by atoms with Gasteiger partial charge in [0.15, 0.2) is 0 Å². The average Bonchev–Trinajstić information content (AvgIpc) is 2.54. The van der Waals surface area contributed by atoms with E-state index >= 15 is 0 Å². The zero-order valence-electron chi connectivity index (χ0n) is 12.9. The number of hydrogen-bond donors (Lipinski definition) is 0. The van der Waals surface area contributed by atoms with E-state index in [4.69, 9.17) is 0 Å². The molecule has 0 spiro atoms. The van der Waals surface area contributed by atoms with Crippen LogP contribution in [0, 0.1) is 0 Å². The normalized spacial score (nSPS) is 10.8. The van der Waals surface area contributed by atoms with Gasteiger partial charge >= 0.3 is 0 Å². The fourth-order valence-electron chi connectivity index (χ4n) is 2.35. The summed E-state index contributed by atoms with van der Waals surface area (Å²) in [5.41, 5.74) is 4.95. The van der Waals surface area contributed by atoms with Crippen LogP contribution in [0.15, 0.2) is 78.9 Å². The van der Waals surface area contributed by atoms with Gasteiger partial charge in [-0.05, 0) is 49.6 Å². The zero-order chi connectivity index (χ0) is 15.1. The number of benzene rings is 2. The molecule has 1 nitrogen and oxygen atoms in total. The molecular formula is C20H23N. The molecule has 2 aromatic carbocycles. The molecule has 21 heavy (non-hydrogen) atoms. The first kappa shape index (κ1) is 15.1. The lowest BCUT2D eigenvalue weighted by Gasteiger charge is -2.20. The number of allylic oxidation sites excluding steroid dienone is 3. The minimum absolute atomic E-state index is 1.00. The molecule has 0 saturated heterocycles. The molecule has 2 aromatic rings. The lowest BCUT2D eigenvalue weighted by atomic mass is 10.0. The number of nitrogens with zero attached hydrogens (tertiary/aromatic N) is 1. The average molecular weight is 277 g/mol. The highest BCUT2D eigenvalue weighted by Crippen LogP contribution is 2.24. The van der Waals surface area contributed by atoms with Gasteiger partial charge in [0, 0.05) is 18.4 Å². The zero-order valence-corrected chi connectivity index (χ0v) is 12.9. The highest BCUT2D eigenvalue weighted by molar-refractivity contribution is 5.62. The van der Waals surface area contributed by atoms with Gasteiger partial charge in [-0.2, -0.15) is 0 Å². The molecule has 0 unspecified atom stereocenters. The molecule has 108 valence electrons. The Morgan fingerprint density at radius 2 is 1.76 bits per heavy atom. The third-order valence-electron chi connectivity index (χ3n) is 3.58. The van der Waals surface area contributed by atoms with Crippen LogP contribution in [0.1, 0.15) is 18.9 Å². The topological polar surface area (TPSA) is 3.24 Å². The van der Waals surface area contributed by atoms with Crippen LogP contribution in [0.2, 0.25) is 0 Å². The predicted molar refractivity (Wildman–Crippen MR) is 93.2 cm³/mol. The number of para-hydroxylation sites is 1. The van der Waals surface area contributed by atoms with Gasteiger partial charge in [-0.3, -0.25) is 0 Å². The fraction of sp³-hybridized carbons (Fsp3) is 0.200. The van der Waals surface area contributed by atoms with Crippen LogP contribution >= 0.6 is 0 Å². The van der Waals surface area contributed by atoms with Crippen LogP contribution in [0.5, 0.6) is 0 Å². The van der Waals surface area contributed by atoms with Crippen LogP contribution in [0.4, 0.5) is 11.4 Å². The Morgan fingerprint density at radius 3 is 2.48 bits per heavy atom. The number of aryl methyl sites for hydroxylation is 1. The van der Waals surface area contributed by atoms with Gasteiger partial charge in [-0.25, -0.2) is 0 Å². The van der Waals surface area contributed by atoms with Crippen molar-refractivity contribution in [3.05, 3.63) is 84.5 Å². The summed E-state index contributed by atoms with van der Waals surface area (Å²) in [7, 11) is 2.10. The minimum Gasteiger partial charge on any atom is -0.345 e. The van der Waals surface area contributed by atoms with Crippen molar-refractivity contribution in [2.24, 2.45) is 0 Å². The van der Waals surface area contributed by atoms with Crippen molar-refractivity contribution in [2.45, 2.75) is 19.8 Å². The first-order chi connectivity index (χ1) is 10.2. The van der Waals surface area contributed by atoms with E-state index in [1.807, 2.05) is 19.1 Å². The smallest absolute Gasteiger partial charge is 0.0410 e. The third kappa shape index (κ3) is 4.35. The van der Waals surface area contributed by atoms with Crippen molar-refractivity contribution in [3.63, 3.8) is 0 Å². The quantitative estimate of drug-likeness (QED) is 0.628. The molecule has 0 aliphatic carbocycles. The maximum atomic E-state index is 4.07. The Kier molecular flexibility index (Phi) is 5.39. The van der Waals surface area contributed by atoms with E-state index in [2.05, 4.69) is 73.1 Å². The molecule has 0 radical (unpaired) electrons. The molecule has 1 heteroatoms. The second-order valence-electron chi connectivity index (χ2n) is 5.22. The summed E-state index contributed by atoms with van der Waals surface area (Å²) in [6, 6.07) is 19.1. The van der Waals surface area contributed by atoms with Gasteiger partial charge in [-0.15, -0.1) is 0 Å². The molecule has 0 bridgehead atoms. The third-order valence-corrected chi connectivity index (χ3v) is 3.58. The van der Waals surface area contributed by atoms with E-state index in [9.17, 15) is 0 Å². The molecule has 0 aliphatic rings. The first-order valence-electron chi connectivity index (χ1n) is 7.39. The molecule has 0 fully saturated rings. The second kappa shape index (κ2) is 7.49. The van der Waals surface area contributed by atoms with Crippen molar-refractivity contribution in [2.75, 3.05) is 11.9 Å². The molecule has 0 saturated carbocycles. The Morgan fingerprint density at radius 1 is 1.05 bits per heavy atom. The van der Waals surface area contributed by atoms with Crippen molar-refractivity contribution >= 4 is 11.4 Å². The van der Waals surface area contributed by atoms with E-state index in [1.165, 1.54) is 22.5 Å². The molecular weight excluding hydrogens is 254 g/mol. The van der Waals surface area contributed by atoms with E-state index in [0.29, 0.717) is 0 Å². The van der Waals surface area contributed by atoms with Crippen molar-refractivity contribution in [3.8, 4) is 0 Å². The standard InChI is InChI=1S/C20H23N/c1-4-9-17(2)14-15-18-10-8-13-20(16-18)21(3)19-11-6-5-7-12-19/h4-13,16H,2,14-15H2,1,3H3/b9-4-. The van der Waals surface area contributed by atoms with E-state index in [1.54, 1.807) is 0 Å². The highest BCUT2D eigenvalue weighted by Gasteiger charge is 2.04. The van der Waals surface area contributed by atoms with Crippen LogP contribution in [-0.4, -0.2) is 7.05 Å². The SMILES string of the molecule is C=C(/C=C\C)CCc1cccc(N(C)c2ccccc2)c1. The molecule has 0 amide bonds. The van der Waals surface area contributed by atoms with Crippen molar-refractivity contribution in [1.82, 2.24) is 0 Å². The maximum absolute atomic E-state index is 4.07.